The molecule has 2 aromatic rings. The fourth-order valence-corrected chi connectivity index (χ4v) is 4.91. The van der Waals surface area contributed by atoms with E-state index < -0.39 is 27.4 Å². The number of hydrogen-bond acceptors (Lipinski definition) is 6. The molecule has 1 aromatic heterocycles. The Kier molecular flexibility index (Phi) is 5.83. The van der Waals surface area contributed by atoms with E-state index in [1.54, 1.807) is 27.1 Å². The molecule has 1 atom stereocenters. The highest BCUT2D eigenvalue weighted by atomic mass is 32.2. The average Bonchev–Trinajstić information content (AvgIpc) is 2.92. The summed E-state index contributed by atoms with van der Waals surface area (Å²) in [6.45, 7) is 2.56. The first-order valence-electron chi connectivity index (χ1n) is 9.48. The Morgan fingerprint density at radius 2 is 1.86 bits per heavy atom. The minimum Gasteiger partial charge on any atom is -0.466 e. The number of carbonyl (C=O) groups excluding carboxylic acids is 2. The van der Waals surface area contributed by atoms with Crippen molar-refractivity contribution in [1.29, 1.82) is 0 Å². The summed E-state index contributed by atoms with van der Waals surface area (Å²) >= 11 is 0. The molecule has 0 bridgehead atoms. The number of imidazole rings is 1. The molecule has 1 aliphatic rings. The van der Waals surface area contributed by atoms with Crippen molar-refractivity contribution in [3.63, 3.8) is 0 Å². The minimum absolute atomic E-state index is 0.0153. The Labute approximate surface area is 168 Å². The molecule has 29 heavy (non-hydrogen) atoms. The molecule has 9 nitrogen and oxygen atoms in total. The van der Waals surface area contributed by atoms with Gasteiger partial charge in [0.2, 0.25) is 5.91 Å². The van der Waals surface area contributed by atoms with E-state index in [0.717, 1.165) is 0 Å². The second kappa shape index (κ2) is 8.02. The molecule has 0 saturated carbocycles. The summed E-state index contributed by atoms with van der Waals surface area (Å²) in [5.74, 6) is -2.01. The lowest BCUT2D eigenvalue weighted by atomic mass is 9.98. The highest BCUT2D eigenvalue weighted by Crippen LogP contribution is 2.21. The van der Waals surface area contributed by atoms with E-state index in [9.17, 15) is 22.8 Å². The van der Waals surface area contributed by atoms with E-state index in [2.05, 4.69) is 0 Å². The molecule has 0 unspecified atom stereocenters. The summed E-state index contributed by atoms with van der Waals surface area (Å²) in [5.41, 5.74) is 0.825. The predicted octanol–water partition coefficient (Wildman–Crippen LogP) is 0.452. The average molecular weight is 423 g/mol. The van der Waals surface area contributed by atoms with Crippen LogP contribution in [0.25, 0.3) is 11.0 Å². The molecule has 10 heteroatoms. The highest BCUT2D eigenvalue weighted by molar-refractivity contribution is 7.92. The van der Waals surface area contributed by atoms with E-state index in [-0.39, 0.29) is 29.7 Å². The van der Waals surface area contributed by atoms with Crippen LogP contribution in [0.5, 0.6) is 0 Å². The van der Waals surface area contributed by atoms with Crippen LogP contribution in [-0.4, -0.2) is 59.8 Å². The molecule has 2 heterocycles. The molecule has 1 fully saturated rings. The number of sulfone groups is 1. The first kappa shape index (κ1) is 21.1. The van der Waals surface area contributed by atoms with Gasteiger partial charge < -0.3 is 9.64 Å². The molecular formula is C19H25N3O6S. The summed E-state index contributed by atoms with van der Waals surface area (Å²) in [6, 6.07) is 4.38. The third-order valence-electron chi connectivity index (χ3n) is 5.31. The van der Waals surface area contributed by atoms with Gasteiger partial charge in [0, 0.05) is 27.2 Å². The molecule has 0 aliphatic carbocycles. The number of amides is 1. The number of hydrogen-bond donors (Lipinski definition) is 0. The van der Waals surface area contributed by atoms with Crippen molar-refractivity contribution in [1.82, 2.24) is 14.0 Å². The Morgan fingerprint density at radius 1 is 1.17 bits per heavy atom. The van der Waals surface area contributed by atoms with Crippen molar-refractivity contribution < 1.29 is 22.7 Å². The van der Waals surface area contributed by atoms with E-state index >= 15 is 0 Å². The number of ether oxygens (including phenoxy) is 1. The van der Waals surface area contributed by atoms with Crippen molar-refractivity contribution in [3.8, 4) is 0 Å². The maximum absolute atomic E-state index is 12.8. The number of carbonyl (C=O) groups is 2. The molecule has 0 radical (unpaired) electrons. The molecule has 0 spiro atoms. The van der Waals surface area contributed by atoms with Gasteiger partial charge in [-0.2, -0.15) is 0 Å². The van der Waals surface area contributed by atoms with Crippen LogP contribution in [0.15, 0.2) is 27.9 Å². The van der Waals surface area contributed by atoms with Gasteiger partial charge in [-0.3, -0.25) is 18.7 Å². The van der Waals surface area contributed by atoms with E-state index in [1.807, 2.05) is 0 Å². The molecular weight excluding hydrogens is 398 g/mol. The zero-order valence-electron chi connectivity index (χ0n) is 16.8. The van der Waals surface area contributed by atoms with Gasteiger partial charge >= 0.3 is 11.7 Å². The summed E-state index contributed by atoms with van der Waals surface area (Å²) in [6.07, 6.45) is 1.24. The number of nitrogens with zero attached hydrogens (tertiary/aromatic N) is 3. The first-order valence-corrected chi connectivity index (χ1v) is 11.1. The lowest BCUT2D eigenvalue weighted by Crippen LogP contribution is -2.45. The monoisotopic (exact) mass is 423 g/mol. The van der Waals surface area contributed by atoms with Crippen LogP contribution in [0.3, 0.4) is 0 Å². The van der Waals surface area contributed by atoms with Crippen LogP contribution in [0.1, 0.15) is 19.8 Å². The predicted molar refractivity (Wildman–Crippen MR) is 106 cm³/mol. The second-order valence-electron chi connectivity index (χ2n) is 7.24. The number of rotatable bonds is 5. The van der Waals surface area contributed by atoms with Gasteiger partial charge in [0.15, 0.2) is 9.84 Å². The Morgan fingerprint density at radius 3 is 2.55 bits per heavy atom. The number of esters is 1. The maximum Gasteiger partial charge on any atom is 0.328 e. The number of aryl methyl sites for hydroxylation is 2. The van der Waals surface area contributed by atoms with Crippen LogP contribution < -0.4 is 5.69 Å². The standard InChI is InChI=1S/C19H25N3O6S/c1-4-28-18(24)13-6-5-9-22(11-13)17(23)12-29(26,27)14-7-8-15-16(10-14)21(3)19(25)20(15)2/h7-8,10,13H,4-6,9,11-12H2,1-3H3/t13-/m1/s1. The van der Waals surface area contributed by atoms with Gasteiger partial charge in [0.1, 0.15) is 5.75 Å². The van der Waals surface area contributed by atoms with Crippen molar-refractivity contribution in [3.05, 3.63) is 28.7 Å². The number of piperidine rings is 1. The van der Waals surface area contributed by atoms with Gasteiger partial charge in [0.05, 0.1) is 28.5 Å². The minimum atomic E-state index is -3.90. The second-order valence-corrected chi connectivity index (χ2v) is 9.23. The maximum atomic E-state index is 12.8. The zero-order chi connectivity index (χ0) is 21.3. The number of likely N-dealkylation sites (tertiary alicyclic amines) is 1. The summed E-state index contributed by atoms with van der Waals surface area (Å²) in [5, 5.41) is 0. The molecule has 1 aromatic carbocycles. The SMILES string of the molecule is CCOC(=O)[C@@H]1CCCN(C(=O)CS(=O)(=O)c2ccc3c(c2)n(C)c(=O)n3C)C1. The van der Waals surface area contributed by atoms with Crippen molar-refractivity contribution in [2.24, 2.45) is 20.0 Å². The third kappa shape index (κ3) is 4.07. The largest absolute Gasteiger partial charge is 0.466 e. The quantitative estimate of drug-likeness (QED) is 0.647. The first-order chi connectivity index (χ1) is 13.7. The Bertz CT molecular complexity index is 1110. The number of aromatic nitrogens is 2. The highest BCUT2D eigenvalue weighted by Gasteiger charge is 2.31. The van der Waals surface area contributed by atoms with Crippen molar-refractivity contribution in [2.75, 3.05) is 25.4 Å². The van der Waals surface area contributed by atoms with E-state index in [4.69, 9.17) is 4.74 Å². The fourth-order valence-electron chi connectivity index (χ4n) is 3.67. The molecule has 3 rings (SSSR count). The molecule has 0 N–H and O–H groups in total. The van der Waals surface area contributed by atoms with Crippen LogP contribution in [-0.2, 0) is 38.3 Å². The fraction of sp³-hybridized carbons (Fsp3) is 0.526. The summed E-state index contributed by atoms with van der Waals surface area (Å²) in [4.78, 5) is 38.0. The van der Waals surface area contributed by atoms with E-state index in [0.29, 0.717) is 30.4 Å². The lowest BCUT2D eigenvalue weighted by Gasteiger charge is -2.31. The smallest absolute Gasteiger partial charge is 0.328 e. The van der Waals surface area contributed by atoms with Crippen LogP contribution in [0.4, 0.5) is 0 Å². The van der Waals surface area contributed by atoms with Gasteiger partial charge in [-0.15, -0.1) is 0 Å². The summed E-state index contributed by atoms with van der Waals surface area (Å²) in [7, 11) is -0.726. The topological polar surface area (TPSA) is 108 Å². The van der Waals surface area contributed by atoms with Gasteiger partial charge in [-0.1, -0.05) is 0 Å². The normalized spacial score (nSPS) is 17.5. The van der Waals surface area contributed by atoms with Gasteiger partial charge in [0.25, 0.3) is 0 Å². The Hall–Kier alpha value is -2.62. The summed E-state index contributed by atoms with van der Waals surface area (Å²) < 4.78 is 33.4. The zero-order valence-corrected chi connectivity index (χ0v) is 17.6. The lowest BCUT2D eigenvalue weighted by molar-refractivity contribution is -0.151. The van der Waals surface area contributed by atoms with Crippen LogP contribution in [0, 0.1) is 5.92 Å². The number of benzene rings is 1. The van der Waals surface area contributed by atoms with Crippen LogP contribution >= 0.6 is 0 Å². The van der Waals surface area contributed by atoms with Gasteiger partial charge in [-0.25, -0.2) is 13.2 Å². The van der Waals surface area contributed by atoms with Crippen molar-refractivity contribution >= 4 is 32.7 Å². The third-order valence-corrected chi connectivity index (χ3v) is 6.91. The van der Waals surface area contributed by atoms with Gasteiger partial charge in [-0.05, 0) is 38.0 Å². The number of fused-ring (bicyclic) bond motifs is 1. The Balaban J connectivity index is 1.79. The van der Waals surface area contributed by atoms with E-state index in [1.165, 1.54) is 26.2 Å². The van der Waals surface area contributed by atoms with Crippen molar-refractivity contribution in [2.45, 2.75) is 24.7 Å². The van der Waals surface area contributed by atoms with Crippen LogP contribution in [0.2, 0.25) is 0 Å². The molecule has 1 saturated heterocycles. The molecule has 1 aliphatic heterocycles. The molecule has 158 valence electrons. The molecule has 1 amide bonds.